The molecule has 108 valence electrons. The standard InChI is InChI=1S/C16H20BrNO2/c1-12-7-8-13(10-16(12)18(19)20)9-15(11-17)14-5-3-2-4-6-14/h7-10,14H,2-6,11H2,1H3/b15-9-. The molecule has 1 fully saturated rings. The lowest BCUT2D eigenvalue weighted by atomic mass is 9.84. The van der Waals surface area contributed by atoms with E-state index in [0.29, 0.717) is 11.5 Å². The number of halogens is 1. The molecule has 0 amide bonds. The minimum atomic E-state index is -0.304. The lowest BCUT2D eigenvalue weighted by Crippen LogP contribution is -2.10. The van der Waals surface area contributed by atoms with Gasteiger partial charge in [-0.05, 0) is 31.2 Å². The molecule has 0 radical (unpaired) electrons. The minimum Gasteiger partial charge on any atom is -0.258 e. The van der Waals surface area contributed by atoms with Crippen molar-refractivity contribution < 1.29 is 4.92 Å². The molecule has 1 aliphatic rings. The van der Waals surface area contributed by atoms with E-state index in [4.69, 9.17) is 0 Å². The van der Waals surface area contributed by atoms with Crippen molar-refractivity contribution in [2.75, 3.05) is 5.33 Å². The number of allylic oxidation sites excluding steroid dienone is 1. The molecule has 0 saturated heterocycles. The van der Waals surface area contributed by atoms with Crippen LogP contribution >= 0.6 is 15.9 Å². The Morgan fingerprint density at radius 1 is 1.40 bits per heavy atom. The van der Waals surface area contributed by atoms with Gasteiger partial charge in [-0.3, -0.25) is 10.1 Å². The maximum Gasteiger partial charge on any atom is 0.272 e. The minimum absolute atomic E-state index is 0.205. The van der Waals surface area contributed by atoms with Crippen molar-refractivity contribution in [2.45, 2.75) is 39.0 Å². The Balaban J connectivity index is 2.27. The zero-order valence-electron chi connectivity index (χ0n) is 11.8. The average molecular weight is 338 g/mol. The molecular weight excluding hydrogens is 318 g/mol. The van der Waals surface area contributed by atoms with Crippen molar-refractivity contribution >= 4 is 27.7 Å². The van der Waals surface area contributed by atoms with Gasteiger partial charge in [-0.25, -0.2) is 0 Å². The summed E-state index contributed by atoms with van der Waals surface area (Å²) in [5.41, 5.74) is 3.21. The van der Waals surface area contributed by atoms with Crippen LogP contribution in [0.1, 0.15) is 43.2 Å². The Hall–Kier alpha value is -1.16. The molecule has 0 unspecified atom stereocenters. The number of nitro groups is 1. The highest BCUT2D eigenvalue weighted by Crippen LogP contribution is 2.32. The molecule has 2 rings (SSSR count). The summed E-state index contributed by atoms with van der Waals surface area (Å²) in [5, 5.41) is 11.9. The Morgan fingerprint density at radius 3 is 2.70 bits per heavy atom. The quantitative estimate of drug-likeness (QED) is 0.427. The van der Waals surface area contributed by atoms with Crippen LogP contribution in [0.15, 0.2) is 23.8 Å². The third-order valence-corrected chi connectivity index (χ3v) is 4.71. The van der Waals surface area contributed by atoms with Gasteiger partial charge in [0.15, 0.2) is 0 Å². The fourth-order valence-electron chi connectivity index (χ4n) is 2.87. The van der Waals surface area contributed by atoms with Gasteiger partial charge in [0.05, 0.1) is 4.92 Å². The van der Waals surface area contributed by atoms with Gasteiger partial charge in [0.25, 0.3) is 5.69 Å². The van der Waals surface area contributed by atoms with E-state index in [1.54, 1.807) is 13.0 Å². The summed E-state index contributed by atoms with van der Waals surface area (Å²) < 4.78 is 0. The Kier molecular flexibility index (Phi) is 5.35. The Labute approximate surface area is 128 Å². The van der Waals surface area contributed by atoms with Gasteiger partial charge < -0.3 is 0 Å². The molecule has 0 N–H and O–H groups in total. The third kappa shape index (κ3) is 3.69. The van der Waals surface area contributed by atoms with Crippen LogP contribution < -0.4 is 0 Å². The van der Waals surface area contributed by atoms with Crippen molar-refractivity contribution in [3.05, 3.63) is 45.0 Å². The van der Waals surface area contributed by atoms with E-state index in [0.717, 1.165) is 10.9 Å². The topological polar surface area (TPSA) is 43.1 Å². The molecule has 4 heteroatoms. The van der Waals surface area contributed by atoms with E-state index in [9.17, 15) is 10.1 Å². The van der Waals surface area contributed by atoms with Crippen LogP contribution in [0.4, 0.5) is 5.69 Å². The first-order valence-corrected chi connectivity index (χ1v) is 8.25. The van der Waals surface area contributed by atoms with E-state index < -0.39 is 0 Å². The molecule has 1 aromatic rings. The van der Waals surface area contributed by atoms with Crippen molar-refractivity contribution in [2.24, 2.45) is 5.92 Å². The summed E-state index contributed by atoms with van der Waals surface area (Å²) in [4.78, 5) is 10.7. The number of nitrogens with zero attached hydrogens (tertiary/aromatic N) is 1. The van der Waals surface area contributed by atoms with Gasteiger partial charge in [0.1, 0.15) is 0 Å². The molecule has 0 bridgehead atoms. The summed E-state index contributed by atoms with van der Waals surface area (Å²) in [6.45, 7) is 1.78. The third-order valence-electron chi connectivity index (χ3n) is 4.07. The number of aryl methyl sites for hydroxylation is 1. The molecule has 0 heterocycles. The first-order chi connectivity index (χ1) is 9.61. The van der Waals surface area contributed by atoms with E-state index in [1.165, 1.54) is 37.7 Å². The van der Waals surface area contributed by atoms with E-state index in [1.807, 2.05) is 12.1 Å². The van der Waals surface area contributed by atoms with E-state index >= 15 is 0 Å². The van der Waals surface area contributed by atoms with Gasteiger partial charge in [-0.2, -0.15) is 0 Å². The molecule has 1 saturated carbocycles. The monoisotopic (exact) mass is 337 g/mol. The second-order valence-corrected chi connectivity index (χ2v) is 6.05. The smallest absolute Gasteiger partial charge is 0.258 e. The van der Waals surface area contributed by atoms with Crippen LogP contribution in [0.5, 0.6) is 0 Å². The number of nitro benzene ring substituents is 1. The first kappa shape index (κ1) is 15.2. The molecule has 1 aliphatic carbocycles. The average Bonchev–Trinajstić information content (AvgIpc) is 2.47. The van der Waals surface area contributed by atoms with Gasteiger partial charge >= 0.3 is 0 Å². The van der Waals surface area contributed by atoms with Crippen LogP contribution in [0.3, 0.4) is 0 Å². The number of hydrogen-bond acceptors (Lipinski definition) is 2. The lowest BCUT2D eigenvalue weighted by Gasteiger charge is -2.23. The van der Waals surface area contributed by atoms with Crippen molar-refractivity contribution in [3.8, 4) is 0 Å². The fourth-order valence-corrected chi connectivity index (χ4v) is 3.49. The first-order valence-electron chi connectivity index (χ1n) is 7.13. The Morgan fingerprint density at radius 2 is 2.10 bits per heavy atom. The van der Waals surface area contributed by atoms with Gasteiger partial charge in [0, 0.05) is 17.0 Å². The second-order valence-electron chi connectivity index (χ2n) is 5.49. The largest absolute Gasteiger partial charge is 0.272 e. The molecule has 0 aromatic heterocycles. The van der Waals surface area contributed by atoms with Crippen LogP contribution in [-0.4, -0.2) is 10.3 Å². The molecule has 0 spiro atoms. The van der Waals surface area contributed by atoms with E-state index in [2.05, 4.69) is 22.0 Å². The van der Waals surface area contributed by atoms with Crippen LogP contribution in [0.25, 0.3) is 6.08 Å². The summed E-state index contributed by atoms with van der Waals surface area (Å²) in [7, 11) is 0. The highest BCUT2D eigenvalue weighted by molar-refractivity contribution is 9.09. The Bertz CT molecular complexity index is 519. The van der Waals surface area contributed by atoms with Gasteiger partial charge in [-0.1, -0.05) is 59.0 Å². The summed E-state index contributed by atoms with van der Waals surface area (Å²) >= 11 is 3.57. The molecule has 0 aliphatic heterocycles. The highest BCUT2D eigenvalue weighted by atomic mass is 79.9. The summed E-state index contributed by atoms with van der Waals surface area (Å²) in [5.74, 6) is 0.628. The number of benzene rings is 1. The maximum atomic E-state index is 11.0. The number of alkyl halides is 1. The number of rotatable bonds is 4. The normalized spacial score (nSPS) is 17.2. The molecule has 0 atom stereocenters. The second kappa shape index (κ2) is 7.02. The van der Waals surface area contributed by atoms with Crippen molar-refractivity contribution in [1.29, 1.82) is 0 Å². The zero-order chi connectivity index (χ0) is 14.5. The zero-order valence-corrected chi connectivity index (χ0v) is 13.4. The fraction of sp³-hybridized carbons (Fsp3) is 0.500. The number of hydrogen-bond donors (Lipinski definition) is 0. The summed E-state index contributed by atoms with van der Waals surface area (Å²) in [6.07, 6.45) is 8.53. The maximum absolute atomic E-state index is 11.0. The molecule has 3 nitrogen and oxygen atoms in total. The van der Waals surface area contributed by atoms with Gasteiger partial charge in [-0.15, -0.1) is 0 Å². The lowest BCUT2D eigenvalue weighted by molar-refractivity contribution is -0.385. The molecule has 1 aromatic carbocycles. The predicted molar refractivity (Wildman–Crippen MR) is 86.2 cm³/mol. The van der Waals surface area contributed by atoms with Crippen LogP contribution in [0.2, 0.25) is 0 Å². The highest BCUT2D eigenvalue weighted by Gasteiger charge is 2.17. The predicted octanol–water partition coefficient (Wildman–Crippen LogP) is 5.26. The van der Waals surface area contributed by atoms with E-state index in [-0.39, 0.29) is 10.6 Å². The SMILES string of the molecule is Cc1ccc(/C=C(/CBr)C2CCCCC2)cc1[N+](=O)[O-]. The molecule has 20 heavy (non-hydrogen) atoms. The van der Waals surface area contributed by atoms with Gasteiger partial charge in [0.2, 0.25) is 0 Å². The molecular formula is C16H20BrNO2. The van der Waals surface area contributed by atoms with Crippen LogP contribution in [0, 0.1) is 23.0 Å². The summed E-state index contributed by atoms with van der Waals surface area (Å²) in [6, 6.07) is 5.48. The van der Waals surface area contributed by atoms with Crippen LogP contribution in [-0.2, 0) is 0 Å². The van der Waals surface area contributed by atoms with Crippen molar-refractivity contribution in [3.63, 3.8) is 0 Å². The van der Waals surface area contributed by atoms with Crippen molar-refractivity contribution in [1.82, 2.24) is 0 Å².